The van der Waals surface area contributed by atoms with Crippen LogP contribution in [-0.4, -0.2) is 50.5 Å². The first-order chi connectivity index (χ1) is 15.6. The van der Waals surface area contributed by atoms with Gasteiger partial charge in [-0.1, -0.05) is 0 Å². The number of H-pyrrole nitrogens is 1. The van der Waals surface area contributed by atoms with Crippen LogP contribution in [0.2, 0.25) is 0 Å². The number of carbonyl (C=O) groups is 1. The second-order valence-electron chi connectivity index (χ2n) is 7.43. The van der Waals surface area contributed by atoms with Gasteiger partial charge in [-0.15, -0.1) is 11.8 Å². The molecule has 4 rings (SSSR count). The predicted octanol–water partition coefficient (Wildman–Crippen LogP) is 4.17. The molecule has 1 aromatic carbocycles. The maximum absolute atomic E-state index is 13.2. The molecule has 3 heterocycles. The Balaban J connectivity index is 1.56. The van der Waals surface area contributed by atoms with Crippen LogP contribution in [0, 0.1) is 28.6 Å². The molecule has 0 spiro atoms. The predicted molar refractivity (Wildman–Crippen MR) is 126 cm³/mol. The van der Waals surface area contributed by atoms with Crippen molar-refractivity contribution in [1.29, 1.82) is 10.5 Å². The third-order valence-electron chi connectivity index (χ3n) is 5.32. The van der Waals surface area contributed by atoms with Crippen molar-refractivity contribution in [3.8, 4) is 23.8 Å². The molecule has 2 atom stereocenters. The Morgan fingerprint density at radius 2 is 2.28 bits per heavy atom. The minimum atomic E-state index is -0.347. The van der Waals surface area contributed by atoms with Crippen LogP contribution in [-0.2, 0) is 11.2 Å². The monoisotopic (exact) mass is 463 g/mol. The molecular weight excluding hydrogens is 442 g/mol. The molecule has 0 radical (unpaired) electrons. The Bertz CT molecular complexity index is 1200. The second-order valence-corrected chi connectivity index (χ2v) is 9.34. The van der Waals surface area contributed by atoms with Crippen molar-refractivity contribution >= 4 is 40.3 Å². The van der Waals surface area contributed by atoms with Crippen molar-refractivity contribution in [2.45, 2.75) is 12.5 Å². The summed E-state index contributed by atoms with van der Waals surface area (Å²) in [4.78, 5) is 22.4. The SMILES string of the molecule is CSC[C@@H](Cc1c[nH]c2ccc(Oc3ccc(C#N)cn3)cc12)C(=O)N1CSC[C@@H]1C#N. The van der Waals surface area contributed by atoms with Gasteiger partial charge in [0, 0.05) is 40.9 Å². The van der Waals surface area contributed by atoms with Crippen molar-refractivity contribution in [1.82, 2.24) is 14.9 Å². The molecule has 1 N–H and O–H groups in total. The second kappa shape index (κ2) is 9.99. The Hall–Kier alpha value is -3.14. The number of amides is 1. The molecule has 0 saturated carbocycles. The van der Waals surface area contributed by atoms with E-state index in [-0.39, 0.29) is 17.9 Å². The average molecular weight is 464 g/mol. The number of nitriles is 2. The minimum Gasteiger partial charge on any atom is -0.439 e. The van der Waals surface area contributed by atoms with Crippen LogP contribution in [0.5, 0.6) is 11.6 Å². The number of ether oxygens (including phenoxy) is 1. The molecule has 1 aliphatic heterocycles. The van der Waals surface area contributed by atoms with E-state index in [0.29, 0.717) is 41.0 Å². The fraction of sp³-hybridized carbons (Fsp3) is 0.304. The molecule has 3 aromatic rings. The van der Waals surface area contributed by atoms with E-state index in [1.165, 1.54) is 6.20 Å². The lowest BCUT2D eigenvalue weighted by Crippen LogP contribution is -2.41. The Labute approximate surface area is 194 Å². The summed E-state index contributed by atoms with van der Waals surface area (Å²) in [7, 11) is 0. The number of pyridine rings is 1. The summed E-state index contributed by atoms with van der Waals surface area (Å²) < 4.78 is 5.87. The molecule has 32 heavy (non-hydrogen) atoms. The van der Waals surface area contributed by atoms with Crippen LogP contribution in [0.3, 0.4) is 0 Å². The van der Waals surface area contributed by atoms with Crippen molar-refractivity contribution in [2.75, 3.05) is 23.6 Å². The number of benzene rings is 1. The van der Waals surface area contributed by atoms with Crippen LogP contribution < -0.4 is 4.74 Å². The van der Waals surface area contributed by atoms with Gasteiger partial charge >= 0.3 is 0 Å². The van der Waals surface area contributed by atoms with E-state index >= 15 is 0 Å². The van der Waals surface area contributed by atoms with Crippen LogP contribution in [0.15, 0.2) is 42.7 Å². The summed E-state index contributed by atoms with van der Waals surface area (Å²) in [5, 5.41) is 19.3. The Kier molecular flexibility index (Phi) is 6.89. The van der Waals surface area contributed by atoms with Crippen molar-refractivity contribution in [3.63, 3.8) is 0 Å². The molecule has 162 valence electrons. The van der Waals surface area contributed by atoms with Crippen LogP contribution in [0.1, 0.15) is 11.1 Å². The number of hydrogen-bond acceptors (Lipinski definition) is 7. The standard InChI is InChI=1S/C23H21N5O2S2/c1-31-12-17(23(29)28-14-32-13-18(28)9-25)6-16-11-26-21-4-3-19(7-20(16)21)30-22-5-2-15(8-24)10-27-22/h2-5,7,10-11,17-18,26H,6,12-14H2,1H3/t17-,18+/m1/s1. The molecule has 1 fully saturated rings. The topological polar surface area (TPSA) is 106 Å². The van der Waals surface area contributed by atoms with Crippen LogP contribution in [0.25, 0.3) is 10.9 Å². The molecule has 1 amide bonds. The van der Waals surface area contributed by atoms with Gasteiger partial charge in [-0.05, 0) is 42.5 Å². The van der Waals surface area contributed by atoms with E-state index in [9.17, 15) is 10.1 Å². The molecule has 0 bridgehead atoms. The smallest absolute Gasteiger partial charge is 0.228 e. The highest BCUT2D eigenvalue weighted by molar-refractivity contribution is 7.99. The maximum atomic E-state index is 13.2. The zero-order chi connectivity index (χ0) is 22.5. The summed E-state index contributed by atoms with van der Waals surface area (Å²) in [6.07, 6.45) is 5.99. The number of nitrogens with zero attached hydrogens (tertiary/aromatic N) is 4. The first kappa shape index (κ1) is 22.1. The lowest BCUT2D eigenvalue weighted by atomic mass is 9.98. The fourth-order valence-corrected chi connectivity index (χ4v) is 5.45. The Morgan fingerprint density at radius 1 is 1.41 bits per heavy atom. The summed E-state index contributed by atoms with van der Waals surface area (Å²) in [5.41, 5.74) is 2.47. The third-order valence-corrected chi connectivity index (χ3v) is 7.07. The van der Waals surface area contributed by atoms with Gasteiger partial charge in [0.05, 0.1) is 23.4 Å². The quantitative estimate of drug-likeness (QED) is 0.560. The highest BCUT2D eigenvalue weighted by atomic mass is 32.2. The molecule has 9 heteroatoms. The summed E-state index contributed by atoms with van der Waals surface area (Å²) >= 11 is 3.26. The first-order valence-corrected chi connectivity index (χ1v) is 12.6. The number of hydrogen-bond donors (Lipinski definition) is 1. The van der Waals surface area contributed by atoms with Gasteiger partial charge in [0.2, 0.25) is 11.8 Å². The number of rotatable bonds is 7. The number of carbonyl (C=O) groups excluding carboxylic acids is 1. The molecule has 1 aliphatic rings. The van der Waals surface area contributed by atoms with E-state index in [2.05, 4.69) is 16.0 Å². The van der Waals surface area contributed by atoms with E-state index in [4.69, 9.17) is 10.00 Å². The number of fused-ring (bicyclic) bond motifs is 1. The van der Waals surface area contributed by atoms with Gasteiger partial charge in [-0.2, -0.15) is 22.3 Å². The number of thioether (sulfide) groups is 2. The normalized spacial score (nSPS) is 16.5. The minimum absolute atomic E-state index is 0.0411. The number of aromatic amines is 1. The third kappa shape index (κ3) is 4.69. The lowest BCUT2D eigenvalue weighted by molar-refractivity contribution is -0.134. The average Bonchev–Trinajstić information content (AvgIpc) is 3.46. The molecule has 2 aromatic heterocycles. The molecule has 0 aliphatic carbocycles. The van der Waals surface area contributed by atoms with Crippen molar-refractivity contribution < 1.29 is 9.53 Å². The van der Waals surface area contributed by atoms with Gasteiger partial charge < -0.3 is 14.6 Å². The fourth-order valence-electron chi connectivity index (χ4n) is 3.70. The van der Waals surface area contributed by atoms with Crippen molar-refractivity contribution in [3.05, 3.63) is 53.9 Å². The van der Waals surface area contributed by atoms with Gasteiger partial charge in [-0.25, -0.2) is 4.98 Å². The van der Waals surface area contributed by atoms with E-state index < -0.39 is 0 Å². The van der Waals surface area contributed by atoms with Gasteiger partial charge in [-0.3, -0.25) is 4.79 Å². The number of aromatic nitrogens is 2. The molecule has 7 nitrogen and oxygen atoms in total. The summed E-state index contributed by atoms with van der Waals surface area (Å²) in [5.74, 6) is 2.81. The van der Waals surface area contributed by atoms with Gasteiger partial charge in [0.1, 0.15) is 17.9 Å². The highest BCUT2D eigenvalue weighted by Gasteiger charge is 2.33. The van der Waals surface area contributed by atoms with Crippen LogP contribution in [0.4, 0.5) is 0 Å². The van der Waals surface area contributed by atoms with E-state index in [1.54, 1.807) is 40.6 Å². The van der Waals surface area contributed by atoms with E-state index in [0.717, 1.165) is 16.5 Å². The van der Waals surface area contributed by atoms with Gasteiger partial charge in [0.25, 0.3) is 0 Å². The highest BCUT2D eigenvalue weighted by Crippen LogP contribution is 2.30. The Morgan fingerprint density at radius 3 is 3.00 bits per heavy atom. The molecule has 1 saturated heterocycles. The maximum Gasteiger partial charge on any atom is 0.228 e. The zero-order valence-electron chi connectivity index (χ0n) is 17.4. The molecular formula is C23H21N5O2S2. The summed E-state index contributed by atoms with van der Waals surface area (Å²) in [6.45, 7) is 0. The lowest BCUT2D eigenvalue weighted by Gasteiger charge is -2.24. The first-order valence-electron chi connectivity index (χ1n) is 10.0. The van der Waals surface area contributed by atoms with Crippen molar-refractivity contribution in [2.24, 2.45) is 5.92 Å². The zero-order valence-corrected chi connectivity index (χ0v) is 19.1. The summed E-state index contributed by atoms with van der Waals surface area (Å²) in [6, 6.07) is 13.0. The van der Waals surface area contributed by atoms with E-state index in [1.807, 2.05) is 36.7 Å². The number of nitrogens with one attached hydrogen (secondary N) is 1. The largest absolute Gasteiger partial charge is 0.439 e. The van der Waals surface area contributed by atoms with Crippen LogP contribution >= 0.6 is 23.5 Å². The molecule has 0 unspecified atom stereocenters. The van der Waals surface area contributed by atoms with Gasteiger partial charge in [0.15, 0.2) is 0 Å².